The summed E-state index contributed by atoms with van der Waals surface area (Å²) in [5.41, 5.74) is 3.36. The van der Waals surface area contributed by atoms with Crippen molar-refractivity contribution in [2.45, 2.75) is 20.8 Å². The van der Waals surface area contributed by atoms with Crippen molar-refractivity contribution in [1.29, 1.82) is 0 Å². The third-order valence-corrected chi connectivity index (χ3v) is 3.78. The van der Waals surface area contributed by atoms with Crippen molar-refractivity contribution in [3.8, 4) is 0 Å². The quantitative estimate of drug-likeness (QED) is 0.749. The Labute approximate surface area is 149 Å². The van der Waals surface area contributed by atoms with Crippen LogP contribution >= 0.6 is 0 Å². The fraction of sp³-hybridized carbons (Fsp3) is 0.500. The molecular formula is C18H27N5O2. The molecule has 0 bridgehead atoms. The summed E-state index contributed by atoms with van der Waals surface area (Å²) in [6.07, 6.45) is 0. The molecule has 136 valence electrons. The van der Waals surface area contributed by atoms with E-state index >= 15 is 0 Å². The molecule has 7 nitrogen and oxygen atoms in total. The minimum atomic E-state index is 0.536. The smallest absolute Gasteiger partial charge is 0.232 e. The summed E-state index contributed by atoms with van der Waals surface area (Å²) >= 11 is 0. The van der Waals surface area contributed by atoms with Gasteiger partial charge in [0.2, 0.25) is 11.9 Å². The third kappa shape index (κ3) is 5.65. The second kappa shape index (κ2) is 9.29. The van der Waals surface area contributed by atoms with E-state index in [0.29, 0.717) is 44.0 Å². The molecule has 0 radical (unpaired) electrons. The Morgan fingerprint density at radius 3 is 2.24 bits per heavy atom. The van der Waals surface area contributed by atoms with Crippen LogP contribution in [0, 0.1) is 20.8 Å². The molecule has 0 aliphatic carbocycles. The number of nitrogens with one attached hydrogen (secondary N) is 1. The SMILES string of the molecule is COCCN(CCOC)c1nc(C)nc(Nc2ccc(C)cc2C)n1. The van der Waals surface area contributed by atoms with Crippen molar-refractivity contribution in [1.82, 2.24) is 15.0 Å². The number of aryl methyl sites for hydroxylation is 3. The number of nitrogens with zero attached hydrogens (tertiary/aromatic N) is 4. The Morgan fingerprint density at radius 2 is 1.64 bits per heavy atom. The maximum Gasteiger partial charge on any atom is 0.232 e. The largest absolute Gasteiger partial charge is 0.383 e. The Morgan fingerprint density at radius 1 is 0.960 bits per heavy atom. The molecule has 7 heteroatoms. The molecule has 1 aromatic carbocycles. The molecule has 0 aliphatic heterocycles. The van der Waals surface area contributed by atoms with Crippen LogP contribution in [0.1, 0.15) is 17.0 Å². The van der Waals surface area contributed by atoms with Gasteiger partial charge in [0, 0.05) is 33.0 Å². The molecule has 2 rings (SSSR count). The average Bonchev–Trinajstić information content (AvgIpc) is 2.57. The zero-order valence-electron chi connectivity index (χ0n) is 15.7. The summed E-state index contributed by atoms with van der Waals surface area (Å²) < 4.78 is 10.4. The molecule has 1 aromatic heterocycles. The normalized spacial score (nSPS) is 10.8. The van der Waals surface area contributed by atoms with Crippen molar-refractivity contribution in [2.75, 3.05) is 50.7 Å². The van der Waals surface area contributed by atoms with Gasteiger partial charge in [0.05, 0.1) is 13.2 Å². The molecule has 0 saturated carbocycles. The van der Waals surface area contributed by atoms with Gasteiger partial charge in [-0.1, -0.05) is 17.7 Å². The first-order valence-electron chi connectivity index (χ1n) is 8.33. The fourth-order valence-corrected chi connectivity index (χ4v) is 2.45. The van der Waals surface area contributed by atoms with Crippen LogP contribution in [-0.2, 0) is 9.47 Å². The lowest BCUT2D eigenvalue weighted by Gasteiger charge is -2.22. The van der Waals surface area contributed by atoms with E-state index in [0.717, 1.165) is 11.3 Å². The number of rotatable bonds is 9. The second-order valence-electron chi connectivity index (χ2n) is 5.92. The molecule has 0 amide bonds. The highest BCUT2D eigenvalue weighted by Crippen LogP contribution is 2.20. The average molecular weight is 345 g/mol. The highest BCUT2D eigenvalue weighted by molar-refractivity contribution is 5.59. The fourth-order valence-electron chi connectivity index (χ4n) is 2.45. The van der Waals surface area contributed by atoms with E-state index in [4.69, 9.17) is 9.47 Å². The summed E-state index contributed by atoms with van der Waals surface area (Å²) in [6.45, 7) is 8.56. The Balaban J connectivity index is 2.24. The lowest BCUT2D eigenvalue weighted by atomic mass is 10.1. The van der Waals surface area contributed by atoms with Crippen LogP contribution in [0.25, 0.3) is 0 Å². The Bertz CT molecular complexity index is 685. The molecule has 2 aromatic rings. The van der Waals surface area contributed by atoms with Gasteiger partial charge in [-0.05, 0) is 32.4 Å². The molecule has 0 atom stereocenters. The maximum absolute atomic E-state index is 5.19. The minimum Gasteiger partial charge on any atom is -0.383 e. The Kier molecular flexibility index (Phi) is 7.09. The van der Waals surface area contributed by atoms with Crippen LogP contribution in [0.5, 0.6) is 0 Å². The molecule has 0 unspecified atom stereocenters. The number of ether oxygens (including phenoxy) is 2. The minimum absolute atomic E-state index is 0.536. The van der Waals surface area contributed by atoms with E-state index in [2.05, 4.69) is 46.2 Å². The van der Waals surface area contributed by atoms with E-state index < -0.39 is 0 Å². The van der Waals surface area contributed by atoms with Gasteiger partial charge < -0.3 is 19.7 Å². The van der Waals surface area contributed by atoms with Gasteiger partial charge in [-0.25, -0.2) is 0 Å². The van der Waals surface area contributed by atoms with Crippen molar-refractivity contribution >= 4 is 17.6 Å². The Hall–Kier alpha value is -2.25. The molecule has 1 N–H and O–H groups in total. The van der Waals surface area contributed by atoms with Crippen molar-refractivity contribution in [3.05, 3.63) is 35.2 Å². The maximum atomic E-state index is 5.19. The topological polar surface area (TPSA) is 72.4 Å². The van der Waals surface area contributed by atoms with Crippen LogP contribution in [0.2, 0.25) is 0 Å². The number of hydrogen-bond acceptors (Lipinski definition) is 7. The standard InChI is InChI=1S/C18H27N5O2/c1-13-6-7-16(14(2)12-13)21-17-19-15(3)20-18(22-17)23(8-10-24-4)9-11-25-5/h6-7,12H,8-11H2,1-5H3,(H,19,20,21,22). The van der Waals surface area contributed by atoms with Crippen LogP contribution in [0.4, 0.5) is 17.6 Å². The molecule has 0 aliphatic rings. The summed E-state index contributed by atoms with van der Waals surface area (Å²) in [7, 11) is 3.36. The first-order chi connectivity index (χ1) is 12.0. The second-order valence-corrected chi connectivity index (χ2v) is 5.92. The monoisotopic (exact) mass is 345 g/mol. The highest BCUT2D eigenvalue weighted by Gasteiger charge is 2.13. The molecule has 0 fully saturated rings. The number of hydrogen-bond donors (Lipinski definition) is 1. The van der Waals surface area contributed by atoms with Gasteiger partial charge in [0.25, 0.3) is 0 Å². The van der Waals surface area contributed by atoms with E-state index in [1.54, 1.807) is 14.2 Å². The van der Waals surface area contributed by atoms with Gasteiger partial charge in [0.15, 0.2) is 0 Å². The summed E-state index contributed by atoms with van der Waals surface area (Å²) in [6, 6.07) is 6.23. The third-order valence-electron chi connectivity index (χ3n) is 3.78. The molecule has 25 heavy (non-hydrogen) atoms. The summed E-state index contributed by atoms with van der Waals surface area (Å²) in [4.78, 5) is 15.5. The van der Waals surface area contributed by atoms with Gasteiger partial charge >= 0.3 is 0 Å². The van der Waals surface area contributed by atoms with E-state index in [1.807, 2.05) is 17.9 Å². The first kappa shape index (κ1) is 19.1. The zero-order chi connectivity index (χ0) is 18.2. The predicted octanol–water partition coefficient (Wildman–Crippen LogP) is 2.64. The number of methoxy groups -OCH3 is 2. The van der Waals surface area contributed by atoms with Crippen LogP contribution < -0.4 is 10.2 Å². The van der Waals surface area contributed by atoms with Crippen LogP contribution in [-0.4, -0.2) is 55.5 Å². The molecule has 0 spiro atoms. The zero-order valence-corrected chi connectivity index (χ0v) is 15.7. The molecule has 0 saturated heterocycles. The van der Waals surface area contributed by atoms with Crippen molar-refractivity contribution in [3.63, 3.8) is 0 Å². The van der Waals surface area contributed by atoms with Crippen LogP contribution in [0.3, 0.4) is 0 Å². The lowest BCUT2D eigenvalue weighted by molar-refractivity contribution is 0.189. The summed E-state index contributed by atoms with van der Waals surface area (Å²) in [5, 5.41) is 3.30. The molecular weight excluding hydrogens is 318 g/mol. The number of aromatic nitrogens is 3. The van der Waals surface area contributed by atoms with Gasteiger partial charge in [-0.3, -0.25) is 0 Å². The predicted molar refractivity (Wildman–Crippen MR) is 99.7 cm³/mol. The van der Waals surface area contributed by atoms with E-state index in [9.17, 15) is 0 Å². The van der Waals surface area contributed by atoms with Gasteiger partial charge in [-0.2, -0.15) is 15.0 Å². The number of benzene rings is 1. The van der Waals surface area contributed by atoms with Gasteiger partial charge in [0.1, 0.15) is 5.82 Å². The van der Waals surface area contributed by atoms with Crippen LogP contribution in [0.15, 0.2) is 18.2 Å². The van der Waals surface area contributed by atoms with E-state index in [-0.39, 0.29) is 0 Å². The van der Waals surface area contributed by atoms with Crippen molar-refractivity contribution < 1.29 is 9.47 Å². The van der Waals surface area contributed by atoms with Crippen molar-refractivity contribution in [2.24, 2.45) is 0 Å². The summed E-state index contributed by atoms with van der Waals surface area (Å²) in [5.74, 6) is 1.82. The number of anilines is 3. The first-order valence-corrected chi connectivity index (χ1v) is 8.33. The van der Waals surface area contributed by atoms with E-state index in [1.165, 1.54) is 5.56 Å². The lowest BCUT2D eigenvalue weighted by Crippen LogP contribution is -2.32. The highest BCUT2D eigenvalue weighted by atomic mass is 16.5. The molecule has 1 heterocycles. The van der Waals surface area contributed by atoms with Gasteiger partial charge in [-0.15, -0.1) is 0 Å².